The highest BCUT2D eigenvalue weighted by Gasteiger charge is 2.11. The van der Waals surface area contributed by atoms with Crippen LogP contribution < -0.4 is 4.74 Å². The number of nitro benzene ring substituents is 1. The van der Waals surface area contributed by atoms with Crippen LogP contribution in [-0.2, 0) is 0 Å². The highest BCUT2D eigenvalue weighted by molar-refractivity contribution is 5.37. The molecule has 5 nitrogen and oxygen atoms in total. The van der Waals surface area contributed by atoms with Crippen LogP contribution in [0.3, 0.4) is 0 Å². The first-order valence-electron chi connectivity index (χ1n) is 5.73. The van der Waals surface area contributed by atoms with E-state index >= 15 is 0 Å². The molecular formula is C13H15FN2O3. The molecule has 0 aromatic heterocycles. The Balaban J connectivity index is 2.42. The zero-order valence-electron chi connectivity index (χ0n) is 10.6. The Morgan fingerprint density at radius 1 is 1.58 bits per heavy atom. The Morgan fingerprint density at radius 3 is 2.89 bits per heavy atom. The highest BCUT2D eigenvalue weighted by atomic mass is 19.1. The predicted octanol–water partition coefficient (Wildman–Crippen LogP) is 2.07. The van der Waals surface area contributed by atoms with Gasteiger partial charge >= 0.3 is 0 Å². The number of terminal acetylenes is 1. The SMILES string of the molecule is C#CCN(C)CCCOc1ccc([N+](=O)[O-])cc1F. The van der Waals surface area contributed by atoms with Crippen LogP contribution in [0.2, 0.25) is 0 Å². The van der Waals surface area contributed by atoms with Crippen LogP contribution in [0, 0.1) is 28.3 Å². The lowest BCUT2D eigenvalue weighted by Gasteiger charge is -2.13. The molecule has 0 spiro atoms. The number of halogens is 1. The van der Waals surface area contributed by atoms with Gasteiger partial charge in [0, 0.05) is 12.6 Å². The minimum absolute atomic E-state index is 0.0187. The van der Waals surface area contributed by atoms with Gasteiger partial charge in [0.1, 0.15) is 0 Å². The fourth-order valence-corrected chi connectivity index (χ4v) is 1.47. The Labute approximate surface area is 111 Å². The summed E-state index contributed by atoms with van der Waals surface area (Å²) in [5, 5.41) is 10.4. The van der Waals surface area contributed by atoms with E-state index in [0.29, 0.717) is 19.6 Å². The average molecular weight is 266 g/mol. The maximum absolute atomic E-state index is 13.5. The van der Waals surface area contributed by atoms with Gasteiger partial charge in [-0.05, 0) is 19.5 Å². The number of non-ortho nitro benzene ring substituents is 1. The number of hydrogen-bond acceptors (Lipinski definition) is 4. The second-order valence-electron chi connectivity index (χ2n) is 4.02. The van der Waals surface area contributed by atoms with E-state index in [2.05, 4.69) is 5.92 Å². The van der Waals surface area contributed by atoms with E-state index in [1.54, 1.807) is 0 Å². The van der Waals surface area contributed by atoms with Crippen molar-refractivity contribution in [3.05, 3.63) is 34.1 Å². The molecule has 0 bridgehead atoms. The molecule has 0 amide bonds. The topological polar surface area (TPSA) is 55.6 Å². The maximum Gasteiger partial charge on any atom is 0.272 e. The van der Waals surface area contributed by atoms with Gasteiger partial charge in [0.15, 0.2) is 11.6 Å². The Kier molecular flexibility index (Phi) is 5.76. The third kappa shape index (κ3) is 4.94. The van der Waals surface area contributed by atoms with Crippen LogP contribution in [-0.4, -0.2) is 36.6 Å². The Morgan fingerprint density at radius 2 is 2.32 bits per heavy atom. The largest absolute Gasteiger partial charge is 0.490 e. The monoisotopic (exact) mass is 266 g/mol. The molecule has 0 fully saturated rings. The van der Waals surface area contributed by atoms with E-state index in [1.807, 2.05) is 11.9 Å². The van der Waals surface area contributed by atoms with Crippen molar-refractivity contribution < 1.29 is 14.1 Å². The molecule has 1 aromatic rings. The summed E-state index contributed by atoms with van der Waals surface area (Å²) in [6.07, 6.45) is 5.84. The second-order valence-corrected chi connectivity index (χ2v) is 4.02. The summed E-state index contributed by atoms with van der Waals surface area (Å²) in [6, 6.07) is 3.32. The smallest absolute Gasteiger partial charge is 0.272 e. The Bertz CT molecular complexity index is 485. The summed E-state index contributed by atoms with van der Waals surface area (Å²) in [4.78, 5) is 11.7. The molecule has 0 aliphatic rings. The molecule has 1 aromatic carbocycles. The van der Waals surface area contributed by atoms with E-state index < -0.39 is 10.7 Å². The predicted molar refractivity (Wildman–Crippen MR) is 69.5 cm³/mol. The minimum Gasteiger partial charge on any atom is -0.490 e. The quantitative estimate of drug-likeness (QED) is 0.328. The Hall–Kier alpha value is -2.13. The van der Waals surface area contributed by atoms with Gasteiger partial charge in [-0.3, -0.25) is 15.0 Å². The van der Waals surface area contributed by atoms with Gasteiger partial charge in [0.05, 0.1) is 24.1 Å². The summed E-state index contributed by atoms with van der Waals surface area (Å²) in [7, 11) is 1.88. The summed E-state index contributed by atoms with van der Waals surface area (Å²) in [5.74, 6) is 1.80. The van der Waals surface area contributed by atoms with Gasteiger partial charge in [-0.15, -0.1) is 6.42 Å². The van der Waals surface area contributed by atoms with Gasteiger partial charge < -0.3 is 4.74 Å². The first-order chi connectivity index (χ1) is 9.04. The maximum atomic E-state index is 13.5. The molecule has 0 aliphatic heterocycles. The zero-order valence-corrected chi connectivity index (χ0v) is 10.6. The van der Waals surface area contributed by atoms with Crippen molar-refractivity contribution in [3.8, 4) is 18.1 Å². The summed E-state index contributed by atoms with van der Waals surface area (Å²) in [6.45, 7) is 1.61. The van der Waals surface area contributed by atoms with Crippen molar-refractivity contribution in [3.63, 3.8) is 0 Å². The van der Waals surface area contributed by atoms with E-state index in [0.717, 1.165) is 12.6 Å². The minimum atomic E-state index is -0.730. The van der Waals surface area contributed by atoms with Gasteiger partial charge in [0.25, 0.3) is 5.69 Å². The number of nitrogens with zero attached hydrogens (tertiary/aromatic N) is 2. The van der Waals surface area contributed by atoms with Crippen molar-refractivity contribution >= 4 is 5.69 Å². The molecule has 0 saturated carbocycles. The number of hydrogen-bond donors (Lipinski definition) is 0. The first-order valence-corrected chi connectivity index (χ1v) is 5.73. The average Bonchev–Trinajstić information content (AvgIpc) is 2.36. The molecule has 0 aliphatic carbocycles. The second kappa shape index (κ2) is 7.34. The molecule has 0 saturated heterocycles. The van der Waals surface area contributed by atoms with Crippen molar-refractivity contribution in [1.29, 1.82) is 0 Å². The van der Waals surface area contributed by atoms with E-state index in [1.165, 1.54) is 12.1 Å². The number of benzene rings is 1. The molecule has 0 heterocycles. The van der Waals surface area contributed by atoms with Crippen LogP contribution in [0.1, 0.15) is 6.42 Å². The number of nitro groups is 1. The molecule has 0 atom stereocenters. The van der Waals surface area contributed by atoms with Crippen molar-refractivity contribution in [1.82, 2.24) is 4.90 Å². The van der Waals surface area contributed by atoms with Crippen LogP contribution in [0.4, 0.5) is 10.1 Å². The normalized spacial score (nSPS) is 10.2. The van der Waals surface area contributed by atoms with E-state index in [9.17, 15) is 14.5 Å². The molecule has 0 N–H and O–H groups in total. The summed E-state index contributed by atoms with van der Waals surface area (Å²) >= 11 is 0. The van der Waals surface area contributed by atoms with Crippen LogP contribution in [0.25, 0.3) is 0 Å². The lowest BCUT2D eigenvalue weighted by Crippen LogP contribution is -2.21. The van der Waals surface area contributed by atoms with Gasteiger partial charge in [-0.1, -0.05) is 5.92 Å². The first kappa shape index (κ1) is 14.9. The summed E-state index contributed by atoms with van der Waals surface area (Å²) < 4.78 is 18.7. The lowest BCUT2D eigenvalue weighted by atomic mass is 10.3. The third-order valence-electron chi connectivity index (χ3n) is 2.43. The molecule has 1 rings (SSSR count). The van der Waals surface area contributed by atoms with Crippen LogP contribution in [0.15, 0.2) is 18.2 Å². The van der Waals surface area contributed by atoms with Crippen LogP contribution in [0.5, 0.6) is 5.75 Å². The molecule has 0 radical (unpaired) electrons. The molecular weight excluding hydrogens is 251 g/mol. The molecule has 6 heteroatoms. The van der Waals surface area contributed by atoms with Crippen molar-refractivity contribution in [2.45, 2.75) is 6.42 Å². The number of rotatable bonds is 7. The van der Waals surface area contributed by atoms with Gasteiger partial charge in [0.2, 0.25) is 0 Å². The van der Waals surface area contributed by atoms with E-state index in [4.69, 9.17) is 11.2 Å². The standard InChI is InChI=1S/C13H15FN2O3/c1-3-7-15(2)8-4-9-19-13-6-5-11(16(17)18)10-12(13)14/h1,5-6,10H,4,7-9H2,2H3. The third-order valence-corrected chi connectivity index (χ3v) is 2.43. The van der Waals surface area contributed by atoms with Gasteiger partial charge in [-0.2, -0.15) is 0 Å². The lowest BCUT2D eigenvalue weighted by molar-refractivity contribution is -0.385. The molecule has 19 heavy (non-hydrogen) atoms. The molecule has 0 unspecified atom stereocenters. The van der Waals surface area contributed by atoms with Crippen LogP contribution >= 0.6 is 0 Å². The fraction of sp³-hybridized carbons (Fsp3) is 0.385. The zero-order chi connectivity index (χ0) is 14.3. The summed E-state index contributed by atoms with van der Waals surface area (Å²) in [5.41, 5.74) is -0.293. The van der Waals surface area contributed by atoms with E-state index in [-0.39, 0.29) is 11.4 Å². The molecule has 102 valence electrons. The fourth-order valence-electron chi connectivity index (χ4n) is 1.47. The highest BCUT2D eigenvalue weighted by Crippen LogP contribution is 2.22. The van der Waals surface area contributed by atoms with Gasteiger partial charge in [-0.25, -0.2) is 4.39 Å². The van der Waals surface area contributed by atoms with Crippen molar-refractivity contribution in [2.75, 3.05) is 26.7 Å². The van der Waals surface area contributed by atoms with Crippen molar-refractivity contribution in [2.24, 2.45) is 0 Å². The number of ether oxygens (including phenoxy) is 1.